The maximum absolute atomic E-state index is 13.8. The third-order valence-electron chi connectivity index (χ3n) is 12.9. The number of ether oxygens (including phenoxy) is 4. The van der Waals surface area contributed by atoms with Crippen molar-refractivity contribution in [3.05, 3.63) is 83.6 Å². The van der Waals surface area contributed by atoms with E-state index >= 15 is 0 Å². The molecule has 3 aliphatic heterocycles. The van der Waals surface area contributed by atoms with Crippen LogP contribution in [0, 0.1) is 5.92 Å². The fourth-order valence-electron chi connectivity index (χ4n) is 9.25. The van der Waals surface area contributed by atoms with Crippen molar-refractivity contribution in [3.63, 3.8) is 0 Å². The highest BCUT2D eigenvalue weighted by atomic mass is 16.5. The number of likely N-dealkylation sites (tertiary alicyclic amines) is 2. The number of nitrogens with zero attached hydrogens (tertiary/aromatic N) is 4. The molecule has 0 radical (unpaired) electrons. The monoisotopic (exact) mass is 860 g/mol. The smallest absolute Gasteiger partial charge is 0.407 e. The molecule has 5 aromatic rings. The van der Waals surface area contributed by atoms with E-state index in [0.717, 1.165) is 87.6 Å². The van der Waals surface area contributed by atoms with Gasteiger partial charge in [-0.1, -0.05) is 45.9 Å². The lowest BCUT2D eigenvalue weighted by atomic mass is 9.75. The zero-order valence-corrected chi connectivity index (χ0v) is 37.0. The van der Waals surface area contributed by atoms with Crippen LogP contribution in [-0.2, 0) is 29.2 Å². The average molecular weight is 861 g/mol. The van der Waals surface area contributed by atoms with Crippen LogP contribution in [0.2, 0.25) is 0 Å². The van der Waals surface area contributed by atoms with Gasteiger partial charge in [-0.05, 0) is 86.1 Å². The first-order valence-corrected chi connectivity index (χ1v) is 21.6. The Morgan fingerprint density at radius 3 is 2.03 bits per heavy atom. The summed E-state index contributed by atoms with van der Waals surface area (Å²) in [5.74, 6) is 2.42. The lowest BCUT2D eigenvalue weighted by Crippen LogP contribution is -2.54. The molecule has 2 aromatic heterocycles. The van der Waals surface area contributed by atoms with E-state index in [0.29, 0.717) is 18.9 Å². The van der Waals surface area contributed by atoms with E-state index in [1.165, 1.54) is 21.3 Å². The van der Waals surface area contributed by atoms with Gasteiger partial charge in [0, 0.05) is 42.3 Å². The van der Waals surface area contributed by atoms with E-state index in [9.17, 15) is 19.2 Å². The average Bonchev–Trinajstić information content (AvgIpc) is 4.12. The van der Waals surface area contributed by atoms with Gasteiger partial charge in [0.25, 0.3) is 0 Å². The van der Waals surface area contributed by atoms with Crippen molar-refractivity contribution < 1.29 is 38.1 Å². The van der Waals surface area contributed by atoms with E-state index in [1.54, 1.807) is 18.0 Å². The molecule has 4 amide bonds. The van der Waals surface area contributed by atoms with E-state index in [2.05, 4.69) is 64.8 Å². The van der Waals surface area contributed by atoms with Crippen LogP contribution in [0.25, 0.3) is 33.4 Å². The second kappa shape index (κ2) is 17.4. The molecule has 5 heterocycles. The van der Waals surface area contributed by atoms with Gasteiger partial charge in [0.1, 0.15) is 35.2 Å². The highest BCUT2D eigenvalue weighted by Gasteiger charge is 2.40. The lowest BCUT2D eigenvalue weighted by molar-refractivity contribution is -0.137. The number of aromatic nitrogens is 4. The minimum Gasteiger partial charge on any atom is -0.457 e. The van der Waals surface area contributed by atoms with Crippen LogP contribution in [0.15, 0.2) is 60.8 Å². The number of alkyl carbamates (subject to hydrolysis) is 2. The minimum absolute atomic E-state index is 0.121. The van der Waals surface area contributed by atoms with Gasteiger partial charge < -0.3 is 49.3 Å². The maximum atomic E-state index is 13.8. The van der Waals surface area contributed by atoms with Crippen LogP contribution in [-0.4, -0.2) is 106 Å². The number of aromatic amines is 2. The number of carbonyl (C=O) groups is 4. The third-order valence-corrected chi connectivity index (χ3v) is 12.9. The van der Waals surface area contributed by atoms with Crippen molar-refractivity contribution >= 4 is 35.0 Å². The quantitative estimate of drug-likeness (QED) is 0.103. The van der Waals surface area contributed by atoms with Gasteiger partial charge in [0.15, 0.2) is 0 Å². The van der Waals surface area contributed by atoms with Gasteiger partial charge >= 0.3 is 12.2 Å². The maximum Gasteiger partial charge on any atom is 0.407 e. The molecule has 0 saturated carbocycles. The number of hydrogen-bond donors (Lipinski definition) is 4. The summed E-state index contributed by atoms with van der Waals surface area (Å²) < 4.78 is 21.6. The summed E-state index contributed by atoms with van der Waals surface area (Å²) in [7, 11) is 4.05. The molecule has 0 unspecified atom stereocenters. The van der Waals surface area contributed by atoms with Gasteiger partial charge in [-0.15, -0.1) is 0 Å². The predicted octanol–water partition coefficient (Wildman–Crippen LogP) is 7.52. The zero-order chi connectivity index (χ0) is 44.7. The van der Waals surface area contributed by atoms with Gasteiger partial charge in [0.05, 0.1) is 55.3 Å². The largest absolute Gasteiger partial charge is 0.457 e. The zero-order valence-electron chi connectivity index (χ0n) is 37.0. The molecule has 0 aliphatic carbocycles. The molecule has 0 spiro atoms. The number of nitrogens with one attached hydrogen (secondary N) is 4. The Morgan fingerprint density at radius 2 is 1.37 bits per heavy atom. The highest BCUT2D eigenvalue weighted by Crippen LogP contribution is 2.50. The van der Waals surface area contributed by atoms with Crippen molar-refractivity contribution in [2.75, 3.05) is 34.4 Å². The van der Waals surface area contributed by atoms with E-state index in [1.807, 2.05) is 43.0 Å². The predicted molar refractivity (Wildman–Crippen MR) is 235 cm³/mol. The Labute approximate surface area is 366 Å². The number of hydrogen-bond acceptors (Lipinski definition) is 10. The van der Waals surface area contributed by atoms with E-state index < -0.39 is 35.8 Å². The molecular formula is C47H56N8O8. The van der Waals surface area contributed by atoms with Crippen LogP contribution >= 0.6 is 0 Å². The van der Waals surface area contributed by atoms with Gasteiger partial charge in [-0.2, -0.15) is 0 Å². The molecule has 16 heteroatoms. The van der Waals surface area contributed by atoms with Crippen molar-refractivity contribution in [2.45, 2.75) is 96.0 Å². The van der Waals surface area contributed by atoms with Gasteiger partial charge in [-0.3, -0.25) is 9.59 Å². The summed E-state index contributed by atoms with van der Waals surface area (Å²) in [6.07, 6.45) is 3.02. The molecule has 2 saturated heterocycles. The fraction of sp³-hybridized carbons (Fsp3) is 0.447. The number of rotatable bonds is 11. The third kappa shape index (κ3) is 8.19. The van der Waals surface area contributed by atoms with Crippen LogP contribution in [0.3, 0.4) is 0 Å². The second-order valence-corrected chi connectivity index (χ2v) is 17.5. The SMILES string of the molecule is COC(=O)N[C@H](C(=O)N1CCC[C@H]1c1nc2ccc(-c3ccc4c(c3)Oc3ccc(-c5cnc([C@@H]6CCCN6C(=O)[C@@H](NC(=O)OC)[C@@H](C)OC)[nH]5)cc3C4(C)C)cc2[nH]1)C(C)C. The molecule has 8 rings (SSSR count). The molecule has 63 heavy (non-hydrogen) atoms. The molecule has 332 valence electrons. The molecule has 5 atom stereocenters. The number of imidazole rings is 2. The molecule has 3 aromatic carbocycles. The number of benzene rings is 3. The summed E-state index contributed by atoms with van der Waals surface area (Å²) in [6, 6.07) is 16.4. The van der Waals surface area contributed by atoms with Crippen molar-refractivity contribution in [1.82, 2.24) is 40.4 Å². The van der Waals surface area contributed by atoms with Crippen molar-refractivity contribution in [3.8, 4) is 33.9 Å². The van der Waals surface area contributed by atoms with Gasteiger partial charge in [-0.25, -0.2) is 19.6 Å². The number of methoxy groups -OCH3 is 3. The molecule has 16 nitrogen and oxygen atoms in total. The van der Waals surface area contributed by atoms with Crippen molar-refractivity contribution in [1.29, 1.82) is 0 Å². The number of carbonyl (C=O) groups excluding carboxylic acids is 4. The standard InChI is InChI=1S/C47H56N8O8/c1-25(2)39(52-45(58)61-7)43(56)55-20-10-12-36(55)42-49-32-17-14-27(22-33(32)50-42)28-13-16-30-38(23-28)63-37-18-15-29(21-31(37)47(30,4)5)34-24-48-41(51-34)35-11-9-19-54(35)44(57)40(26(3)60-6)53-46(59)62-8/h13-18,21-26,35-36,39-40H,9-12,19-20H2,1-8H3,(H,48,51)(H,49,50)(H,52,58)(H,53,59)/t26-,35+,36+,39+,40+/m1/s1. The Kier molecular flexibility index (Phi) is 11.9. The Hall–Kier alpha value is -6.42. The van der Waals surface area contributed by atoms with Crippen LogP contribution in [0.5, 0.6) is 11.5 Å². The first-order valence-electron chi connectivity index (χ1n) is 21.6. The summed E-state index contributed by atoms with van der Waals surface area (Å²) in [4.78, 5) is 71.9. The first kappa shape index (κ1) is 43.2. The van der Waals surface area contributed by atoms with Crippen LogP contribution in [0.1, 0.15) is 95.2 Å². The lowest BCUT2D eigenvalue weighted by Gasteiger charge is -2.35. The van der Waals surface area contributed by atoms with Gasteiger partial charge in [0.2, 0.25) is 11.8 Å². The fourth-order valence-corrected chi connectivity index (χ4v) is 9.25. The number of amides is 4. The molecule has 4 N–H and O–H groups in total. The Bertz CT molecular complexity index is 2550. The summed E-state index contributed by atoms with van der Waals surface area (Å²) in [6.45, 7) is 11.0. The van der Waals surface area contributed by atoms with E-state index in [4.69, 9.17) is 28.9 Å². The molecular weight excluding hydrogens is 805 g/mol. The normalized spacial score (nSPS) is 19.2. The summed E-state index contributed by atoms with van der Waals surface area (Å²) in [5.41, 5.74) is 7.09. The topological polar surface area (TPSA) is 193 Å². The molecule has 3 aliphatic rings. The minimum atomic E-state index is -0.913. The Balaban J connectivity index is 0.998. The molecule has 2 fully saturated rings. The summed E-state index contributed by atoms with van der Waals surface area (Å²) >= 11 is 0. The highest BCUT2D eigenvalue weighted by molar-refractivity contribution is 5.88. The number of H-pyrrole nitrogens is 2. The second-order valence-electron chi connectivity index (χ2n) is 17.5. The van der Waals surface area contributed by atoms with Crippen LogP contribution < -0.4 is 15.4 Å². The van der Waals surface area contributed by atoms with E-state index in [-0.39, 0.29) is 29.8 Å². The molecule has 0 bridgehead atoms. The Morgan fingerprint density at radius 1 is 0.746 bits per heavy atom. The van der Waals surface area contributed by atoms with Crippen LogP contribution in [0.4, 0.5) is 9.59 Å². The van der Waals surface area contributed by atoms with Crippen molar-refractivity contribution in [2.24, 2.45) is 5.92 Å². The summed E-state index contributed by atoms with van der Waals surface area (Å²) in [5, 5.41) is 5.35. The number of fused-ring (bicyclic) bond motifs is 3. The first-order chi connectivity index (χ1) is 30.2.